The molecule has 0 saturated carbocycles. The second kappa shape index (κ2) is 7.40. The van der Waals surface area contributed by atoms with Crippen molar-refractivity contribution in [2.45, 2.75) is 19.9 Å². The minimum Gasteiger partial charge on any atom is -0.380 e. The van der Waals surface area contributed by atoms with Gasteiger partial charge in [0, 0.05) is 34.4 Å². The molecule has 0 aliphatic rings. The van der Waals surface area contributed by atoms with Crippen LogP contribution in [0.4, 0.5) is 0 Å². The number of hydrogen-bond donors (Lipinski definition) is 1. The summed E-state index contributed by atoms with van der Waals surface area (Å²) < 4.78 is 6.53. The molecule has 1 heterocycles. The van der Waals surface area contributed by atoms with E-state index in [0.717, 1.165) is 32.7 Å². The Balaban J connectivity index is 1.99. The fourth-order valence-corrected chi connectivity index (χ4v) is 2.47. The van der Waals surface area contributed by atoms with Gasteiger partial charge in [-0.3, -0.25) is 0 Å². The third kappa shape index (κ3) is 5.10. The molecule has 0 spiro atoms. The standard InChI is InChI=1S/C10H16BrNOS/c1-2-4-13-5-3-12-7-10-6-9(11)8-14-10/h6,8,12H,2-5,7H2,1H3. The maximum atomic E-state index is 5.36. The Morgan fingerprint density at radius 3 is 3.00 bits per heavy atom. The van der Waals surface area contributed by atoms with Gasteiger partial charge in [-0.05, 0) is 28.4 Å². The summed E-state index contributed by atoms with van der Waals surface area (Å²) in [5.74, 6) is 0. The topological polar surface area (TPSA) is 21.3 Å². The summed E-state index contributed by atoms with van der Waals surface area (Å²) in [6.45, 7) is 5.66. The molecule has 0 aliphatic heterocycles. The van der Waals surface area contributed by atoms with Crippen LogP contribution in [-0.4, -0.2) is 19.8 Å². The second-order valence-electron chi connectivity index (χ2n) is 3.02. The van der Waals surface area contributed by atoms with E-state index in [9.17, 15) is 0 Å². The van der Waals surface area contributed by atoms with Crippen molar-refractivity contribution in [1.82, 2.24) is 5.32 Å². The number of thiophene rings is 1. The summed E-state index contributed by atoms with van der Waals surface area (Å²) in [5, 5.41) is 5.44. The largest absolute Gasteiger partial charge is 0.380 e. The first-order valence-electron chi connectivity index (χ1n) is 4.84. The Hall–Kier alpha value is 0.1000. The number of nitrogens with one attached hydrogen (secondary N) is 1. The van der Waals surface area contributed by atoms with E-state index in [0.29, 0.717) is 0 Å². The van der Waals surface area contributed by atoms with Crippen LogP contribution in [0.5, 0.6) is 0 Å². The third-order valence-electron chi connectivity index (χ3n) is 1.69. The number of rotatable bonds is 7. The summed E-state index contributed by atoms with van der Waals surface area (Å²) in [4.78, 5) is 1.35. The first kappa shape index (κ1) is 12.2. The maximum absolute atomic E-state index is 5.36. The average Bonchev–Trinajstić information content (AvgIpc) is 2.58. The molecule has 2 nitrogen and oxygen atoms in total. The summed E-state index contributed by atoms with van der Waals surface area (Å²) in [7, 11) is 0. The van der Waals surface area contributed by atoms with Gasteiger partial charge in [0.15, 0.2) is 0 Å². The van der Waals surface area contributed by atoms with Crippen LogP contribution < -0.4 is 5.32 Å². The Morgan fingerprint density at radius 1 is 1.50 bits per heavy atom. The van der Waals surface area contributed by atoms with Crippen LogP contribution in [-0.2, 0) is 11.3 Å². The zero-order valence-electron chi connectivity index (χ0n) is 8.38. The van der Waals surface area contributed by atoms with Gasteiger partial charge in [0.05, 0.1) is 6.61 Å². The molecule has 0 fully saturated rings. The number of halogens is 1. The van der Waals surface area contributed by atoms with Crippen LogP contribution in [0.15, 0.2) is 15.9 Å². The van der Waals surface area contributed by atoms with Crippen molar-refractivity contribution < 1.29 is 4.74 Å². The molecule has 80 valence electrons. The predicted octanol–water partition coefficient (Wildman–Crippen LogP) is 3.03. The van der Waals surface area contributed by atoms with Gasteiger partial charge in [-0.25, -0.2) is 0 Å². The fraction of sp³-hybridized carbons (Fsp3) is 0.600. The van der Waals surface area contributed by atoms with Crippen molar-refractivity contribution in [3.8, 4) is 0 Å². The highest BCUT2D eigenvalue weighted by Crippen LogP contribution is 2.19. The monoisotopic (exact) mass is 277 g/mol. The lowest BCUT2D eigenvalue weighted by Gasteiger charge is -2.03. The van der Waals surface area contributed by atoms with Crippen molar-refractivity contribution >= 4 is 27.3 Å². The van der Waals surface area contributed by atoms with E-state index in [1.165, 1.54) is 9.35 Å². The summed E-state index contributed by atoms with van der Waals surface area (Å²) >= 11 is 5.20. The Labute approximate surface area is 97.8 Å². The molecule has 0 unspecified atom stereocenters. The van der Waals surface area contributed by atoms with Gasteiger partial charge >= 0.3 is 0 Å². The lowest BCUT2D eigenvalue weighted by molar-refractivity contribution is 0.136. The van der Waals surface area contributed by atoms with Crippen LogP contribution in [0.2, 0.25) is 0 Å². The van der Waals surface area contributed by atoms with Crippen LogP contribution in [0, 0.1) is 0 Å². The molecule has 0 bridgehead atoms. The van der Waals surface area contributed by atoms with E-state index in [4.69, 9.17) is 4.74 Å². The molecule has 0 saturated heterocycles. The van der Waals surface area contributed by atoms with Gasteiger partial charge < -0.3 is 10.1 Å². The molecular weight excluding hydrogens is 262 g/mol. The highest BCUT2D eigenvalue weighted by molar-refractivity contribution is 9.10. The minimum atomic E-state index is 0.806. The van der Waals surface area contributed by atoms with Gasteiger partial charge in [-0.2, -0.15) is 0 Å². The average molecular weight is 278 g/mol. The molecule has 0 amide bonds. The van der Waals surface area contributed by atoms with Gasteiger partial charge in [-0.1, -0.05) is 6.92 Å². The van der Waals surface area contributed by atoms with E-state index >= 15 is 0 Å². The van der Waals surface area contributed by atoms with Crippen molar-refractivity contribution in [2.24, 2.45) is 0 Å². The van der Waals surface area contributed by atoms with Gasteiger partial charge in [0.2, 0.25) is 0 Å². The van der Waals surface area contributed by atoms with Crippen LogP contribution in [0.1, 0.15) is 18.2 Å². The van der Waals surface area contributed by atoms with Crippen molar-refractivity contribution in [3.63, 3.8) is 0 Å². The lowest BCUT2D eigenvalue weighted by Crippen LogP contribution is -2.18. The Kier molecular flexibility index (Phi) is 6.43. The van der Waals surface area contributed by atoms with Crippen LogP contribution >= 0.6 is 27.3 Å². The van der Waals surface area contributed by atoms with E-state index < -0.39 is 0 Å². The van der Waals surface area contributed by atoms with E-state index in [1.54, 1.807) is 11.3 Å². The SMILES string of the molecule is CCCOCCNCc1cc(Br)cs1. The summed E-state index contributed by atoms with van der Waals surface area (Å²) in [6, 6.07) is 2.14. The number of ether oxygens (including phenoxy) is 1. The van der Waals surface area contributed by atoms with Crippen molar-refractivity contribution in [3.05, 3.63) is 20.8 Å². The third-order valence-corrected chi connectivity index (χ3v) is 3.39. The molecule has 0 aliphatic carbocycles. The van der Waals surface area contributed by atoms with Crippen LogP contribution in [0.3, 0.4) is 0 Å². The molecule has 1 rings (SSSR count). The molecule has 1 aromatic heterocycles. The van der Waals surface area contributed by atoms with Crippen molar-refractivity contribution in [2.75, 3.05) is 19.8 Å². The summed E-state index contributed by atoms with van der Waals surface area (Å²) in [6.07, 6.45) is 1.10. The molecule has 1 N–H and O–H groups in total. The number of hydrogen-bond acceptors (Lipinski definition) is 3. The minimum absolute atomic E-state index is 0.806. The molecule has 14 heavy (non-hydrogen) atoms. The van der Waals surface area contributed by atoms with Gasteiger partial charge in [-0.15, -0.1) is 11.3 Å². The van der Waals surface area contributed by atoms with E-state index in [1.807, 2.05) is 0 Å². The Morgan fingerprint density at radius 2 is 2.36 bits per heavy atom. The molecule has 0 aromatic carbocycles. The summed E-state index contributed by atoms with van der Waals surface area (Å²) in [5.41, 5.74) is 0. The molecule has 1 aromatic rings. The predicted molar refractivity (Wildman–Crippen MR) is 64.8 cm³/mol. The smallest absolute Gasteiger partial charge is 0.0591 e. The quantitative estimate of drug-likeness (QED) is 0.774. The highest BCUT2D eigenvalue weighted by atomic mass is 79.9. The van der Waals surface area contributed by atoms with E-state index in [2.05, 4.69) is 39.6 Å². The molecule has 4 heteroatoms. The zero-order valence-corrected chi connectivity index (χ0v) is 10.8. The van der Waals surface area contributed by atoms with E-state index in [-0.39, 0.29) is 0 Å². The molecule has 0 atom stereocenters. The zero-order chi connectivity index (χ0) is 10.2. The normalized spacial score (nSPS) is 10.7. The van der Waals surface area contributed by atoms with Crippen LogP contribution in [0.25, 0.3) is 0 Å². The van der Waals surface area contributed by atoms with Crippen molar-refractivity contribution in [1.29, 1.82) is 0 Å². The molecule has 0 radical (unpaired) electrons. The maximum Gasteiger partial charge on any atom is 0.0591 e. The van der Waals surface area contributed by atoms with Gasteiger partial charge in [0.1, 0.15) is 0 Å². The molecular formula is C10H16BrNOS. The lowest BCUT2D eigenvalue weighted by atomic mass is 10.4. The fourth-order valence-electron chi connectivity index (χ4n) is 1.05. The Bertz CT molecular complexity index is 252. The van der Waals surface area contributed by atoms with Gasteiger partial charge in [0.25, 0.3) is 0 Å². The first-order valence-corrected chi connectivity index (χ1v) is 6.51. The first-order chi connectivity index (χ1) is 6.83. The second-order valence-corrected chi connectivity index (χ2v) is 4.93. The highest BCUT2D eigenvalue weighted by Gasteiger charge is 1.96.